The van der Waals surface area contributed by atoms with Gasteiger partial charge in [0.1, 0.15) is 0 Å². The van der Waals surface area contributed by atoms with Crippen LogP contribution >= 0.6 is 15.9 Å². The standard InChI is InChI=1S/C12H8BrF3N2O2S/c13-9-4-3-7(6-10(9)21(17,19)20)8-2-1-5-18-11(8)12(14,15)16/h1-6H,(H2,17,19,20). The zero-order valence-electron chi connectivity index (χ0n) is 10.2. The van der Waals surface area contributed by atoms with Gasteiger partial charge in [-0.15, -0.1) is 0 Å². The number of hydrogen-bond acceptors (Lipinski definition) is 3. The van der Waals surface area contributed by atoms with E-state index in [2.05, 4.69) is 20.9 Å². The average molecular weight is 381 g/mol. The summed E-state index contributed by atoms with van der Waals surface area (Å²) in [6.07, 6.45) is -3.63. The molecule has 1 aromatic carbocycles. The van der Waals surface area contributed by atoms with Crippen molar-refractivity contribution in [1.82, 2.24) is 4.98 Å². The third-order valence-electron chi connectivity index (χ3n) is 2.62. The Labute approximate surface area is 127 Å². The van der Waals surface area contributed by atoms with Crippen LogP contribution in [0, 0.1) is 0 Å². The highest BCUT2D eigenvalue weighted by molar-refractivity contribution is 9.10. The fourth-order valence-electron chi connectivity index (χ4n) is 1.75. The van der Waals surface area contributed by atoms with Crippen LogP contribution in [0.15, 0.2) is 45.9 Å². The van der Waals surface area contributed by atoms with E-state index in [9.17, 15) is 21.6 Å². The van der Waals surface area contributed by atoms with Gasteiger partial charge in [-0.25, -0.2) is 13.6 Å². The van der Waals surface area contributed by atoms with Crippen LogP contribution in [0.25, 0.3) is 11.1 Å². The van der Waals surface area contributed by atoms with Crippen molar-refractivity contribution >= 4 is 26.0 Å². The summed E-state index contributed by atoms with van der Waals surface area (Å²) in [4.78, 5) is 3.03. The summed E-state index contributed by atoms with van der Waals surface area (Å²) >= 11 is 3.00. The fourth-order valence-corrected chi connectivity index (χ4v) is 3.31. The van der Waals surface area contributed by atoms with Gasteiger partial charge in [-0.1, -0.05) is 12.1 Å². The molecule has 0 saturated heterocycles. The molecule has 0 radical (unpaired) electrons. The molecule has 0 unspecified atom stereocenters. The first kappa shape index (κ1) is 15.9. The smallest absolute Gasteiger partial charge is 0.251 e. The lowest BCUT2D eigenvalue weighted by Crippen LogP contribution is -2.13. The number of pyridine rings is 1. The predicted octanol–water partition coefficient (Wildman–Crippen LogP) is 3.18. The maximum atomic E-state index is 12.9. The maximum absolute atomic E-state index is 12.9. The first-order valence-electron chi connectivity index (χ1n) is 5.45. The van der Waals surface area contributed by atoms with Crippen LogP contribution in [-0.2, 0) is 16.2 Å². The van der Waals surface area contributed by atoms with Crippen LogP contribution in [-0.4, -0.2) is 13.4 Å². The highest BCUT2D eigenvalue weighted by atomic mass is 79.9. The van der Waals surface area contributed by atoms with Crippen LogP contribution in [0.1, 0.15) is 5.69 Å². The maximum Gasteiger partial charge on any atom is 0.433 e. The van der Waals surface area contributed by atoms with Gasteiger partial charge in [0.25, 0.3) is 0 Å². The minimum Gasteiger partial charge on any atom is -0.251 e. The lowest BCUT2D eigenvalue weighted by atomic mass is 10.0. The van der Waals surface area contributed by atoms with E-state index in [1.807, 2.05) is 0 Å². The normalized spacial score (nSPS) is 12.4. The summed E-state index contributed by atoms with van der Waals surface area (Å²) in [6.45, 7) is 0. The third kappa shape index (κ3) is 3.42. The molecular weight excluding hydrogens is 373 g/mol. The summed E-state index contributed by atoms with van der Waals surface area (Å²) < 4.78 is 61.8. The Morgan fingerprint density at radius 2 is 1.86 bits per heavy atom. The van der Waals surface area contributed by atoms with E-state index in [-0.39, 0.29) is 20.5 Å². The Morgan fingerprint density at radius 3 is 2.43 bits per heavy atom. The molecule has 4 nitrogen and oxygen atoms in total. The van der Waals surface area contributed by atoms with Crippen LogP contribution in [0.5, 0.6) is 0 Å². The Morgan fingerprint density at radius 1 is 1.19 bits per heavy atom. The van der Waals surface area contributed by atoms with E-state index >= 15 is 0 Å². The molecule has 21 heavy (non-hydrogen) atoms. The highest BCUT2D eigenvalue weighted by Crippen LogP contribution is 2.36. The van der Waals surface area contributed by atoms with Gasteiger partial charge in [0, 0.05) is 16.2 Å². The number of rotatable bonds is 2. The topological polar surface area (TPSA) is 73.1 Å². The van der Waals surface area contributed by atoms with Gasteiger partial charge in [0.2, 0.25) is 10.0 Å². The first-order chi connectivity index (χ1) is 9.60. The third-order valence-corrected chi connectivity index (χ3v) is 4.53. The molecule has 0 amide bonds. The minimum absolute atomic E-state index is 0.0580. The van der Waals surface area contributed by atoms with Gasteiger partial charge in [-0.3, -0.25) is 4.98 Å². The molecule has 0 aliphatic carbocycles. The molecule has 1 aromatic heterocycles. The monoisotopic (exact) mass is 380 g/mol. The van der Waals surface area contributed by atoms with Crippen molar-refractivity contribution in [3.63, 3.8) is 0 Å². The lowest BCUT2D eigenvalue weighted by molar-refractivity contribution is -0.140. The van der Waals surface area contributed by atoms with Crippen LogP contribution < -0.4 is 5.14 Å². The van der Waals surface area contributed by atoms with Crippen molar-refractivity contribution in [3.05, 3.63) is 46.7 Å². The van der Waals surface area contributed by atoms with E-state index in [4.69, 9.17) is 5.14 Å². The van der Waals surface area contributed by atoms with E-state index in [0.29, 0.717) is 0 Å². The van der Waals surface area contributed by atoms with E-state index in [1.165, 1.54) is 24.3 Å². The number of alkyl halides is 3. The van der Waals surface area contributed by atoms with Gasteiger partial charge >= 0.3 is 6.18 Å². The highest BCUT2D eigenvalue weighted by Gasteiger charge is 2.35. The Balaban J connectivity index is 2.70. The van der Waals surface area contributed by atoms with Gasteiger partial charge < -0.3 is 0 Å². The van der Waals surface area contributed by atoms with Crippen molar-refractivity contribution in [1.29, 1.82) is 0 Å². The number of aromatic nitrogens is 1. The number of nitrogens with zero attached hydrogens (tertiary/aromatic N) is 1. The number of hydrogen-bond donors (Lipinski definition) is 1. The zero-order chi connectivity index (χ0) is 15.8. The van der Waals surface area contributed by atoms with Crippen molar-refractivity contribution in [2.45, 2.75) is 11.1 Å². The van der Waals surface area contributed by atoms with Gasteiger partial charge in [-0.2, -0.15) is 13.2 Å². The summed E-state index contributed by atoms with van der Waals surface area (Å²) in [7, 11) is -4.06. The minimum atomic E-state index is -4.65. The second-order valence-corrected chi connectivity index (χ2v) is 6.47. The number of benzene rings is 1. The average Bonchev–Trinajstić information content (AvgIpc) is 2.37. The van der Waals surface area contributed by atoms with Crippen LogP contribution in [0.2, 0.25) is 0 Å². The van der Waals surface area contributed by atoms with E-state index in [0.717, 1.165) is 12.3 Å². The van der Waals surface area contributed by atoms with E-state index in [1.54, 1.807) is 0 Å². The molecule has 2 aromatic rings. The second kappa shape index (κ2) is 5.39. The zero-order valence-corrected chi connectivity index (χ0v) is 12.6. The van der Waals surface area contributed by atoms with Gasteiger partial charge in [0.15, 0.2) is 5.69 Å². The van der Waals surface area contributed by atoms with Crippen molar-refractivity contribution in [2.75, 3.05) is 0 Å². The molecule has 0 atom stereocenters. The van der Waals surface area contributed by atoms with Crippen LogP contribution in [0.4, 0.5) is 13.2 Å². The molecule has 9 heteroatoms. The Hall–Kier alpha value is -1.45. The largest absolute Gasteiger partial charge is 0.433 e. The van der Waals surface area contributed by atoms with Crippen molar-refractivity contribution in [2.24, 2.45) is 5.14 Å². The molecular formula is C12H8BrF3N2O2S. The molecule has 0 spiro atoms. The summed E-state index contributed by atoms with van der Waals surface area (Å²) in [5.74, 6) is 0. The first-order valence-corrected chi connectivity index (χ1v) is 7.79. The summed E-state index contributed by atoms with van der Waals surface area (Å²) in [5, 5.41) is 5.03. The van der Waals surface area contributed by atoms with Gasteiger partial charge in [-0.05, 0) is 39.7 Å². The van der Waals surface area contributed by atoms with Crippen molar-refractivity contribution < 1.29 is 21.6 Å². The van der Waals surface area contributed by atoms with E-state index < -0.39 is 21.9 Å². The summed E-state index contributed by atoms with van der Waals surface area (Å²) in [5.41, 5.74) is -1.25. The number of sulfonamides is 1. The van der Waals surface area contributed by atoms with Crippen LogP contribution in [0.3, 0.4) is 0 Å². The molecule has 0 saturated carbocycles. The molecule has 1 heterocycles. The van der Waals surface area contributed by atoms with Gasteiger partial charge in [0.05, 0.1) is 4.90 Å². The Bertz CT molecular complexity index is 791. The Kier molecular flexibility index (Phi) is 4.09. The second-order valence-electron chi connectivity index (χ2n) is 4.09. The fraction of sp³-hybridized carbons (Fsp3) is 0.0833. The molecule has 2 N–H and O–H groups in total. The quantitative estimate of drug-likeness (QED) is 0.869. The number of halogens is 4. The SMILES string of the molecule is NS(=O)(=O)c1cc(-c2cccnc2C(F)(F)F)ccc1Br. The lowest BCUT2D eigenvalue weighted by Gasteiger charge is -2.12. The molecule has 112 valence electrons. The molecule has 2 rings (SSSR count). The molecule has 0 fully saturated rings. The molecule has 0 aliphatic rings. The summed E-state index contributed by atoms with van der Waals surface area (Å²) in [6, 6.07) is 6.30. The number of nitrogens with two attached hydrogens (primary N) is 1. The van der Waals surface area contributed by atoms with Crippen molar-refractivity contribution in [3.8, 4) is 11.1 Å². The predicted molar refractivity (Wildman–Crippen MR) is 73.7 cm³/mol. The number of primary sulfonamides is 1. The molecule has 0 aliphatic heterocycles. The molecule has 0 bridgehead atoms.